The zero-order valence-electron chi connectivity index (χ0n) is 6.84. The van der Waals surface area contributed by atoms with Crippen molar-refractivity contribution in [3.05, 3.63) is 0 Å². The Labute approximate surface area is 63.8 Å². The number of rotatable bonds is 0. The standard InChI is InChI=1S/C7H14O.C2H2/c1-6-3-4-8-7(2)5-6;1-2/h6-7H,3-5H2,1-2H3;1-2H/t6-,7-;/m0./s1. The van der Waals surface area contributed by atoms with Crippen molar-refractivity contribution in [2.45, 2.75) is 32.8 Å². The summed E-state index contributed by atoms with van der Waals surface area (Å²) < 4.78 is 5.35. The first-order chi connectivity index (χ1) is 4.79. The fraction of sp³-hybridized carbons (Fsp3) is 0.778. The number of terminal acetylenes is 1. The first-order valence-corrected chi connectivity index (χ1v) is 3.74. The maximum absolute atomic E-state index is 5.35. The smallest absolute Gasteiger partial charge is 0.0549 e. The van der Waals surface area contributed by atoms with Gasteiger partial charge in [0.2, 0.25) is 0 Å². The minimum Gasteiger partial charge on any atom is -0.378 e. The van der Waals surface area contributed by atoms with E-state index < -0.39 is 0 Å². The normalized spacial score (nSPS) is 32.0. The molecular weight excluding hydrogens is 124 g/mol. The summed E-state index contributed by atoms with van der Waals surface area (Å²) in [4.78, 5) is 0. The molecule has 1 nitrogen and oxygen atoms in total. The molecule has 1 saturated heterocycles. The Kier molecular flexibility index (Phi) is 5.06. The summed E-state index contributed by atoms with van der Waals surface area (Å²) in [5, 5.41) is 0. The van der Waals surface area contributed by atoms with Gasteiger partial charge in [-0.15, -0.1) is 12.8 Å². The van der Waals surface area contributed by atoms with Gasteiger partial charge in [-0.1, -0.05) is 6.92 Å². The van der Waals surface area contributed by atoms with Gasteiger partial charge in [-0.05, 0) is 25.7 Å². The van der Waals surface area contributed by atoms with E-state index in [1.807, 2.05) is 0 Å². The van der Waals surface area contributed by atoms with Crippen molar-refractivity contribution in [3.63, 3.8) is 0 Å². The summed E-state index contributed by atoms with van der Waals surface area (Å²) >= 11 is 0. The quantitative estimate of drug-likeness (QED) is 0.468. The SMILES string of the molecule is C#C.C[C@H]1CCO[C@@H](C)C1. The molecule has 0 N–H and O–H groups in total. The van der Waals surface area contributed by atoms with Crippen LogP contribution in [0.3, 0.4) is 0 Å². The van der Waals surface area contributed by atoms with Gasteiger partial charge in [-0.2, -0.15) is 0 Å². The molecule has 1 heteroatoms. The largest absolute Gasteiger partial charge is 0.378 e. The Morgan fingerprint density at radius 1 is 1.30 bits per heavy atom. The fourth-order valence-electron chi connectivity index (χ4n) is 1.22. The molecule has 0 spiro atoms. The van der Waals surface area contributed by atoms with Crippen LogP contribution >= 0.6 is 0 Å². The van der Waals surface area contributed by atoms with Crippen molar-refractivity contribution in [2.24, 2.45) is 5.92 Å². The minimum absolute atomic E-state index is 0.513. The Hall–Kier alpha value is -0.480. The lowest BCUT2D eigenvalue weighted by Gasteiger charge is -2.23. The minimum atomic E-state index is 0.513. The van der Waals surface area contributed by atoms with E-state index in [0.717, 1.165) is 12.5 Å². The summed E-state index contributed by atoms with van der Waals surface area (Å²) in [5.74, 6) is 0.888. The Bertz CT molecular complexity index is 88.1. The summed E-state index contributed by atoms with van der Waals surface area (Å²) in [6.07, 6.45) is 11.0. The maximum Gasteiger partial charge on any atom is 0.0549 e. The molecule has 58 valence electrons. The van der Waals surface area contributed by atoms with Crippen LogP contribution in [0.5, 0.6) is 0 Å². The Balaban J connectivity index is 0.000000371. The van der Waals surface area contributed by atoms with Gasteiger partial charge in [0.1, 0.15) is 0 Å². The van der Waals surface area contributed by atoms with Crippen LogP contribution in [-0.4, -0.2) is 12.7 Å². The highest BCUT2D eigenvalue weighted by Gasteiger charge is 2.13. The lowest BCUT2D eigenvalue weighted by atomic mass is 9.99. The third-order valence-electron chi connectivity index (χ3n) is 1.75. The highest BCUT2D eigenvalue weighted by atomic mass is 16.5. The Morgan fingerprint density at radius 2 is 1.90 bits per heavy atom. The summed E-state index contributed by atoms with van der Waals surface area (Å²) in [6, 6.07) is 0. The van der Waals surface area contributed by atoms with Crippen LogP contribution in [0.25, 0.3) is 0 Å². The molecule has 0 aliphatic carbocycles. The van der Waals surface area contributed by atoms with Gasteiger partial charge in [-0.25, -0.2) is 0 Å². The second kappa shape index (κ2) is 5.32. The van der Waals surface area contributed by atoms with Crippen molar-refractivity contribution in [3.8, 4) is 12.8 Å². The third kappa shape index (κ3) is 3.53. The zero-order chi connectivity index (χ0) is 7.98. The van der Waals surface area contributed by atoms with Crippen molar-refractivity contribution in [2.75, 3.05) is 6.61 Å². The number of hydrogen-bond acceptors (Lipinski definition) is 1. The van der Waals surface area contributed by atoms with E-state index in [1.165, 1.54) is 12.8 Å². The van der Waals surface area contributed by atoms with Crippen molar-refractivity contribution < 1.29 is 4.74 Å². The fourth-order valence-corrected chi connectivity index (χ4v) is 1.22. The van der Waals surface area contributed by atoms with E-state index in [4.69, 9.17) is 4.74 Å². The van der Waals surface area contributed by atoms with Gasteiger partial charge in [-0.3, -0.25) is 0 Å². The molecule has 2 atom stereocenters. The second-order valence-corrected chi connectivity index (χ2v) is 2.81. The van der Waals surface area contributed by atoms with Gasteiger partial charge >= 0.3 is 0 Å². The van der Waals surface area contributed by atoms with E-state index in [-0.39, 0.29) is 0 Å². The predicted octanol–water partition coefficient (Wildman–Crippen LogP) is 2.07. The van der Waals surface area contributed by atoms with E-state index in [0.29, 0.717) is 6.10 Å². The van der Waals surface area contributed by atoms with Crippen LogP contribution in [-0.2, 0) is 4.74 Å². The molecule has 0 aromatic rings. The topological polar surface area (TPSA) is 9.23 Å². The molecule has 0 amide bonds. The van der Waals surface area contributed by atoms with Gasteiger partial charge in [0.05, 0.1) is 6.10 Å². The third-order valence-corrected chi connectivity index (χ3v) is 1.75. The van der Waals surface area contributed by atoms with Crippen LogP contribution in [0, 0.1) is 18.8 Å². The van der Waals surface area contributed by atoms with Crippen molar-refractivity contribution in [1.82, 2.24) is 0 Å². The molecule has 0 aromatic heterocycles. The van der Waals surface area contributed by atoms with E-state index >= 15 is 0 Å². The van der Waals surface area contributed by atoms with Crippen molar-refractivity contribution in [1.29, 1.82) is 0 Å². The van der Waals surface area contributed by atoms with E-state index in [9.17, 15) is 0 Å². The summed E-state index contributed by atoms with van der Waals surface area (Å²) in [5.41, 5.74) is 0. The van der Waals surface area contributed by atoms with Gasteiger partial charge < -0.3 is 4.74 Å². The summed E-state index contributed by atoms with van der Waals surface area (Å²) in [7, 11) is 0. The molecule has 1 aliphatic heterocycles. The molecule has 10 heavy (non-hydrogen) atoms. The first kappa shape index (κ1) is 9.52. The van der Waals surface area contributed by atoms with Crippen LogP contribution in [0.15, 0.2) is 0 Å². The highest BCUT2D eigenvalue weighted by molar-refractivity contribution is 4.63. The molecule has 1 fully saturated rings. The van der Waals surface area contributed by atoms with Crippen LogP contribution in [0.1, 0.15) is 26.7 Å². The molecule has 0 radical (unpaired) electrons. The van der Waals surface area contributed by atoms with Crippen LogP contribution < -0.4 is 0 Å². The number of ether oxygens (including phenoxy) is 1. The zero-order valence-corrected chi connectivity index (χ0v) is 6.84. The van der Waals surface area contributed by atoms with Gasteiger partial charge in [0, 0.05) is 6.61 Å². The maximum atomic E-state index is 5.35. The molecule has 0 aromatic carbocycles. The molecule has 1 rings (SSSR count). The molecular formula is C9H16O. The first-order valence-electron chi connectivity index (χ1n) is 3.74. The lowest BCUT2D eigenvalue weighted by molar-refractivity contribution is 0.00682. The van der Waals surface area contributed by atoms with E-state index in [2.05, 4.69) is 26.7 Å². The number of hydrogen-bond donors (Lipinski definition) is 0. The van der Waals surface area contributed by atoms with Gasteiger partial charge in [0.15, 0.2) is 0 Å². The monoisotopic (exact) mass is 140 g/mol. The average Bonchev–Trinajstić information content (AvgIpc) is 1.91. The summed E-state index contributed by atoms with van der Waals surface area (Å²) in [6.45, 7) is 5.41. The average molecular weight is 140 g/mol. The highest BCUT2D eigenvalue weighted by Crippen LogP contribution is 2.18. The molecule has 0 unspecified atom stereocenters. The second-order valence-electron chi connectivity index (χ2n) is 2.81. The Morgan fingerprint density at radius 3 is 2.20 bits per heavy atom. The molecule has 0 saturated carbocycles. The van der Waals surface area contributed by atoms with Crippen LogP contribution in [0.2, 0.25) is 0 Å². The van der Waals surface area contributed by atoms with E-state index in [1.54, 1.807) is 0 Å². The molecule has 1 aliphatic rings. The lowest BCUT2D eigenvalue weighted by Crippen LogP contribution is -2.20. The predicted molar refractivity (Wildman–Crippen MR) is 43.7 cm³/mol. The van der Waals surface area contributed by atoms with Crippen molar-refractivity contribution >= 4 is 0 Å². The van der Waals surface area contributed by atoms with Crippen LogP contribution in [0.4, 0.5) is 0 Å². The molecule has 1 heterocycles. The molecule has 0 bridgehead atoms. The van der Waals surface area contributed by atoms with Gasteiger partial charge in [0.25, 0.3) is 0 Å².